The van der Waals surface area contributed by atoms with Crippen LogP contribution in [0.2, 0.25) is 0 Å². The Balaban J connectivity index is 1.76. The molecule has 130 valence electrons. The summed E-state index contributed by atoms with van der Waals surface area (Å²) in [6.07, 6.45) is 3.57. The fraction of sp³-hybridized carbons (Fsp3) is 0.619. The highest BCUT2D eigenvalue weighted by molar-refractivity contribution is 5.98. The van der Waals surface area contributed by atoms with Gasteiger partial charge in [-0.25, -0.2) is 4.79 Å². The molecule has 0 N–H and O–H groups in total. The summed E-state index contributed by atoms with van der Waals surface area (Å²) in [7, 11) is 0. The third-order valence-corrected chi connectivity index (χ3v) is 6.15. The Hall–Kier alpha value is -1.64. The van der Waals surface area contributed by atoms with Crippen molar-refractivity contribution in [2.45, 2.75) is 66.2 Å². The summed E-state index contributed by atoms with van der Waals surface area (Å²) in [5, 5.41) is 4.35. The van der Waals surface area contributed by atoms with Gasteiger partial charge >= 0.3 is 5.97 Å². The van der Waals surface area contributed by atoms with Crippen LogP contribution in [-0.4, -0.2) is 11.7 Å². The fourth-order valence-corrected chi connectivity index (χ4v) is 4.52. The highest BCUT2D eigenvalue weighted by Gasteiger charge is 2.57. The van der Waals surface area contributed by atoms with Gasteiger partial charge in [-0.2, -0.15) is 0 Å². The molecule has 0 saturated heterocycles. The lowest BCUT2D eigenvalue weighted by Crippen LogP contribution is -2.36. The van der Waals surface area contributed by atoms with Crippen LogP contribution in [0.25, 0.3) is 0 Å². The van der Waals surface area contributed by atoms with E-state index in [0.29, 0.717) is 11.5 Å². The van der Waals surface area contributed by atoms with Crippen LogP contribution in [0.1, 0.15) is 76.7 Å². The van der Waals surface area contributed by atoms with Crippen molar-refractivity contribution in [3.63, 3.8) is 0 Å². The lowest BCUT2D eigenvalue weighted by Gasteiger charge is -2.34. The number of nitrogens with zero attached hydrogens (tertiary/aromatic N) is 1. The predicted molar refractivity (Wildman–Crippen MR) is 97.2 cm³/mol. The molecule has 0 spiro atoms. The first-order chi connectivity index (χ1) is 11.0. The molecule has 2 saturated carbocycles. The van der Waals surface area contributed by atoms with E-state index in [1.807, 2.05) is 24.3 Å². The van der Waals surface area contributed by atoms with E-state index < -0.39 is 0 Å². The van der Waals surface area contributed by atoms with Gasteiger partial charge in [-0.15, -0.1) is 0 Å². The van der Waals surface area contributed by atoms with E-state index in [9.17, 15) is 4.79 Å². The van der Waals surface area contributed by atoms with Crippen LogP contribution >= 0.6 is 0 Å². The van der Waals surface area contributed by atoms with Gasteiger partial charge in [0.1, 0.15) is 0 Å². The second-order valence-corrected chi connectivity index (χ2v) is 9.37. The van der Waals surface area contributed by atoms with Crippen LogP contribution in [0.4, 0.5) is 0 Å². The topological polar surface area (TPSA) is 38.7 Å². The molecule has 0 aliphatic heterocycles. The van der Waals surface area contributed by atoms with Gasteiger partial charge in [0.2, 0.25) is 0 Å². The monoisotopic (exact) mass is 327 g/mol. The minimum Gasteiger partial charge on any atom is -0.313 e. The minimum absolute atomic E-state index is 0.0311. The summed E-state index contributed by atoms with van der Waals surface area (Å²) in [6, 6.07) is 7.65. The fourth-order valence-electron chi connectivity index (χ4n) is 4.52. The summed E-state index contributed by atoms with van der Waals surface area (Å²) in [6.45, 7) is 13.2. The normalized spacial score (nSPS) is 29.9. The van der Waals surface area contributed by atoms with E-state index in [-0.39, 0.29) is 22.2 Å². The number of benzene rings is 1. The van der Waals surface area contributed by atoms with Crippen molar-refractivity contribution in [1.29, 1.82) is 0 Å². The van der Waals surface area contributed by atoms with Crippen molar-refractivity contribution in [2.75, 3.05) is 0 Å². The van der Waals surface area contributed by atoms with Gasteiger partial charge in [0.15, 0.2) is 0 Å². The van der Waals surface area contributed by atoms with E-state index in [2.05, 4.69) is 46.7 Å². The molecule has 3 rings (SSSR count). The van der Waals surface area contributed by atoms with E-state index in [1.54, 1.807) is 0 Å². The zero-order chi connectivity index (χ0) is 17.8. The molecule has 2 fully saturated rings. The smallest absolute Gasteiger partial charge is 0.313 e. The number of hydrogen-bond acceptors (Lipinski definition) is 3. The largest absolute Gasteiger partial charge is 0.365 e. The second kappa shape index (κ2) is 5.44. The highest BCUT2D eigenvalue weighted by atomic mass is 16.7. The van der Waals surface area contributed by atoms with Crippen molar-refractivity contribution in [3.05, 3.63) is 35.4 Å². The van der Waals surface area contributed by atoms with Crippen LogP contribution in [0.15, 0.2) is 29.4 Å². The highest BCUT2D eigenvalue weighted by Crippen LogP contribution is 2.60. The van der Waals surface area contributed by atoms with E-state index in [4.69, 9.17) is 4.84 Å². The molecule has 0 amide bonds. The van der Waals surface area contributed by atoms with Crippen LogP contribution in [0, 0.1) is 16.7 Å². The first-order valence-corrected chi connectivity index (χ1v) is 8.95. The SMILES string of the molecule is CC(C)(C)c1ccc(C(=O)O/N=C2/C(C)(C)[C@@H]3CC[C@]2(C)C3)cc1. The molecule has 0 radical (unpaired) electrons. The van der Waals surface area contributed by atoms with Gasteiger partial charge in [0, 0.05) is 10.8 Å². The average Bonchev–Trinajstić information content (AvgIpc) is 2.97. The summed E-state index contributed by atoms with van der Waals surface area (Å²) in [5.41, 5.74) is 3.02. The number of carbonyl (C=O) groups excluding carboxylic acids is 1. The molecular formula is C21H29NO2. The lowest BCUT2D eigenvalue weighted by molar-refractivity contribution is 0.0506. The Morgan fingerprint density at radius 3 is 2.29 bits per heavy atom. The van der Waals surface area contributed by atoms with Crippen molar-refractivity contribution in [2.24, 2.45) is 21.9 Å². The zero-order valence-electron chi connectivity index (χ0n) is 15.8. The molecule has 2 aliphatic rings. The van der Waals surface area contributed by atoms with Crippen molar-refractivity contribution in [3.8, 4) is 0 Å². The number of hydrogen-bond donors (Lipinski definition) is 0. The van der Waals surface area contributed by atoms with Crippen molar-refractivity contribution in [1.82, 2.24) is 0 Å². The molecule has 24 heavy (non-hydrogen) atoms. The van der Waals surface area contributed by atoms with Gasteiger partial charge in [-0.3, -0.25) is 0 Å². The second-order valence-electron chi connectivity index (χ2n) is 9.37. The van der Waals surface area contributed by atoms with Crippen molar-refractivity contribution < 1.29 is 9.63 Å². The van der Waals surface area contributed by atoms with E-state index >= 15 is 0 Å². The van der Waals surface area contributed by atoms with Gasteiger partial charge in [0.05, 0.1) is 11.3 Å². The molecule has 3 nitrogen and oxygen atoms in total. The minimum atomic E-state index is -0.370. The maximum atomic E-state index is 12.4. The summed E-state index contributed by atoms with van der Waals surface area (Å²) in [5.74, 6) is 0.288. The molecule has 2 atom stereocenters. The third kappa shape index (κ3) is 2.78. The summed E-state index contributed by atoms with van der Waals surface area (Å²) in [4.78, 5) is 17.7. The Morgan fingerprint density at radius 1 is 1.17 bits per heavy atom. The van der Waals surface area contributed by atoms with Crippen molar-refractivity contribution >= 4 is 11.7 Å². The number of oxime groups is 1. The summed E-state index contributed by atoms with van der Waals surface area (Å²) < 4.78 is 0. The van der Waals surface area contributed by atoms with Gasteiger partial charge in [0.25, 0.3) is 0 Å². The van der Waals surface area contributed by atoms with E-state index in [1.165, 1.54) is 12.0 Å². The average molecular weight is 327 g/mol. The number of fused-ring (bicyclic) bond motifs is 2. The Morgan fingerprint density at radius 2 is 1.79 bits per heavy atom. The molecule has 0 aromatic heterocycles. The van der Waals surface area contributed by atoms with Crippen LogP contribution in [0.5, 0.6) is 0 Å². The maximum Gasteiger partial charge on any atom is 0.365 e. The molecule has 2 bridgehead atoms. The first-order valence-electron chi connectivity index (χ1n) is 8.95. The zero-order valence-corrected chi connectivity index (χ0v) is 15.8. The molecular weight excluding hydrogens is 298 g/mol. The summed E-state index contributed by atoms with van der Waals surface area (Å²) >= 11 is 0. The predicted octanol–water partition coefficient (Wildman–Crippen LogP) is 5.34. The van der Waals surface area contributed by atoms with Crippen LogP contribution < -0.4 is 0 Å². The Labute approximate surface area is 145 Å². The molecule has 0 heterocycles. The van der Waals surface area contributed by atoms with Gasteiger partial charge in [-0.1, -0.05) is 58.8 Å². The third-order valence-electron chi connectivity index (χ3n) is 6.15. The molecule has 2 aliphatic carbocycles. The van der Waals surface area contributed by atoms with Gasteiger partial charge in [-0.05, 0) is 48.3 Å². The lowest BCUT2D eigenvalue weighted by atomic mass is 9.71. The quantitative estimate of drug-likeness (QED) is 0.543. The van der Waals surface area contributed by atoms with Crippen LogP contribution in [-0.2, 0) is 10.3 Å². The van der Waals surface area contributed by atoms with Gasteiger partial charge < -0.3 is 4.84 Å². The molecule has 0 unspecified atom stereocenters. The standard InChI is InChI=1S/C21H29NO2/c1-19(2,3)15-9-7-14(8-10-15)17(23)24-22-18-20(4,5)16-11-12-21(18,6)13-16/h7-10,16H,11-13H2,1-6H3/b22-18-/t16-,21-/m1/s1. The maximum absolute atomic E-state index is 12.4. The number of rotatable bonds is 2. The number of carbonyl (C=O) groups is 1. The molecule has 1 aromatic rings. The van der Waals surface area contributed by atoms with Crippen LogP contribution in [0.3, 0.4) is 0 Å². The Kier molecular flexibility index (Phi) is 3.89. The molecule has 3 heteroatoms. The first kappa shape index (κ1) is 17.2. The molecule has 1 aromatic carbocycles. The Bertz CT molecular complexity index is 672. The van der Waals surface area contributed by atoms with E-state index in [0.717, 1.165) is 18.6 Å².